The number of aromatic carboxylic acids is 3. The fraction of sp³-hybridized carbons (Fsp3) is 0.0952. The number of rotatable bonds is 10. The van der Waals surface area contributed by atoms with Gasteiger partial charge in [0.1, 0.15) is 51.7 Å². The van der Waals surface area contributed by atoms with Crippen LogP contribution in [0.4, 0.5) is 0 Å². The van der Waals surface area contributed by atoms with Gasteiger partial charge in [-0.05, 0) is 157 Å². The van der Waals surface area contributed by atoms with E-state index in [1.807, 2.05) is 191 Å². The highest BCUT2D eigenvalue weighted by atomic mass is 35.5. The molecule has 12 aromatic carbocycles. The molecule has 99 heavy (non-hydrogen) atoms. The molecule has 0 spiro atoms. The average Bonchev–Trinajstić information content (AvgIpc) is 0.766. The second-order valence-corrected chi connectivity index (χ2v) is 24.9. The number of phenolic OH excluding ortho intramolecular Hbond substituents is 3. The monoisotopic (exact) mass is 1330 g/mol. The number of carbonyl (C=O) groups excluding carboxylic acids is 1. The van der Waals surface area contributed by atoms with E-state index in [0.29, 0.717) is 50.5 Å². The lowest BCUT2D eigenvalue weighted by Gasteiger charge is -2.30. The molecule has 3 heterocycles. The van der Waals surface area contributed by atoms with Crippen molar-refractivity contribution in [3.8, 4) is 51.7 Å². The molecule has 0 saturated heterocycles. The summed E-state index contributed by atoms with van der Waals surface area (Å²) in [5, 5.41) is 58.6. The van der Waals surface area contributed by atoms with E-state index >= 15 is 0 Å². The minimum absolute atomic E-state index is 0.111. The fourth-order valence-electron chi connectivity index (χ4n) is 13.1. The maximum absolute atomic E-state index is 12.0. The van der Waals surface area contributed by atoms with Crippen LogP contribution in [0.2, 0.25) is 5.02 Å². The van der Waals surface area contributed by atoms with Gasteiger partial charge in [0.05, 0.1) is 16.7 Å². The van der Waals surface area contributed by atoms with Crippen LogP contribution < -0.4 is 19.9 Å². The molecule has 0 saturated carbocycles. The van der Waals surface area contributed by atoms with Gasteiger partial charge in [0, 0.05) is 79.8 Å². The molecule has 0 fully saturated rings. The van der Waals surface area contributed by atoms with Crippen LogP contribution in [0.1, 0.15) is 154 Å². The number of ether oxygens (including phenoxy) is 3. The van der Waals surface area contributed by atoms with Crippen molar-refractivity contribution in [2.45, 2.75) is 51.4 Å². The number of hydrogen-bond donors (Lipinski definition) is 7. The zero-order chi connectivity index (χ0) is 69.8. The number of aryl methyl sites for hydroxylation is 4. The number of phenols is 3. The van der Waals surface area contributed by atoms with E-state index in [1.54, 1.807) is 91.0 Å². The Labute approximate surface area is 576 Å². The zero-order valence-corrected chi connectivity index (χ0v) is 54.8. The van der Waals surface area contributed by atoms with E-state index in [4.69, 9.17) is 31.5 Å². The van der Waals surface area contributed by atoms with Gasteiger partial charge >= 0.3 is 17.9 Å². The summed E-state index contributed by atoms with van der Waals surface area (Å²) < 4.78 is 18.1. The van der Waals surface area contributed by atoms with Gasteiger partial charge in [0.2, 0.25) is 5.91 Å². The molecule has 14 nitrogen and oxygen atoms in total. The largest absolute Gasteiger partial charge is 0.508 e. The van der Waals surface area contributed by atoms with Gasteiger partial charge in [-0.2, -0.15) is 0 Å². The molecule has 12 aromatic rings. The van der Waals surface area contributed by atoms with Crippen LogP contribution in [0, 0.1) is 27.7 Å². The first-order valence-electron chi connectivity index (χ1n) is 31.7. The maximum atomic E-state index is 12.0. The molecular weight excluding hydrogens is 1270 g/mol. The number of primary amides is 1. The number of aromatic hydroxyl groups is 3. The van der Waals surface area contributed by atoms with Crippen molar-refractivity contribution in [3.63, 3.8) is 0 Å². The molecule has 4 atom stereocenters. The first-order chi connectivity index (χ1) is 47.7. The molecule has 8 N–H and O–H groups in total. The maximum Gasteiger partial charge on any atom is 0.335 e. The highest BCUT2D eigenvalue weighted by molar-refractivity contribution is 6.30. The molecule has 15 rings (SSSR count). The van der Waals surface area contributed by atoms with Crippen LogP contribution in [0.25, 0.3) is 0 Å². The molecule has 3 aliphatic heterocycles. The SMILES string of the molecule is Cc1ccc(C(c2ccc(O)cc2)c2ccccc2C(=O)O)cc1.Cc1ccc2c(c1)Oc1cc(Cl)ccc1C2c1ccccc1C(N)=O.Cc1ccc2c(c1)Oc1cc(O)ccc1C2c1ccccc1C(=O)O.Cc1ccc2c(c1)Oc1cc(O)ccc1C2c1ccccc1C(=O)O. The number of hydrogen-bond acceptors (Lipinski definition) is 10. The molecule has 0 aliphatic carbocycles. The van der Waals surface area contributed by atoms with E-state index in [-0.39, 0.29) is 57.6 Å². The number of amides is 1. The lowest BCUT2D eigenvalue weighted by atomic mass is 9.80. The summed E-state index contributed by atoms with van der Waals surface area (Å²) in [4.78, 5) is 47.1. The summed E-state index contributed by atoms with van der Waals surface area (Å²) in [5.41, 5.74) is 21.7. The molecule has 0 radical (unpaired) electrons. The van der Waals surface area contributed by atoms with Crippen molar-refractivity contribution in [2.24, 2.45) is 5.73 Å². The first kappa shape index (κ1) is 66.6. The number of nitrogens with two attached hydrogens (primary N) is 1. The van der Waals surface area contributed by atoms with Crippen LogP contribution >= 0.6 is 11.6 Å². The molecule has 0 bridgehead atoms. The quantitative estimate of drug-likeness (QED) is 0.0631. The molecule has 0 aromatic heterocycles. The minimum Gasteiger partial charge on any atom is -0.508 e. The van der Waals surface area contributed by atoms with Gasteiger partial charge in [-0.1, -0.05) is 181 Å². The summed E-state index contributed by atoms with van der Waals surface area (Å²) in [6.45, 7) is 7.98. The van der Waals surface area contributed by atoms with Crippen LogP contribution in [-0.2, 0) is 0 Å². The Bertz CT molecular complexity index is 4520. The van der Waals surface area contributed by atoms with Gasteiger partial charge in [-0.3, -0.25) is 4.79 Å². The van der Waals surface area contributed by atoms with Crippen molar-refractivity contribution in [2.75, 3.05) is 0 Å². The number of fused-ring (bicyclic) bond motifs is 6. The van der Waals surface area contributed by atoms with Crippen molar-refractivity contribution < 1.29 is 64.0 Å². The Balaban J connectivity index is 0.000000125. The van der Waals surface area contributed by atoms with Gasteiger partial charge in [0.15, 0.2) is 0 Å². The highest BCUT2D eigenvalue weighted by Crippen LogP contribution is 2.52. The number of carboxylic acid groups (broad SMARTS) is 3. The first-order valence-corrected chi connectivity index (χ1v) is 32.1. The topological polar surface area (TPSA) is 243 Å². The highest BCUT2D eigenvalue weighted by Gasteiger charge is 2.35. The molecule has 3 aliphatic rings. The summed E-state index contributed by atoms with van der Waals surface area (Å²) in [7, 11) is 0. The van der Waals surface area contributed by atoms with E-state index in [1.165, 1.54) is 0 Å². The predicted molar refractivity (Wildman–Crippen MR) is 380 cm³/mol. The summed E-state index contributed by atoms with van der Waals surface area (Å²) in [6.07, 6.45) is 0. The normalized spacial score (nSPS) is 14.3. The molecule has 4 unspecified atom stereocenters. The minimum atomic E-state index is -0.962. The summed E-state index contributed by atoms with van der Waals surface area (Å²) in [6, 6.07) is 76.9. The van der Waals surface area contributed by atoms with E-state index in [0.717, 1.165) is 83.6 Å². The third-order valence-electron chi connectivity index (χ3n) is 17.7. The Kier molecular flexibility index (Phi) is 19.2. The summed E-state index contributed by atoms with van der Waals surface area (Å²) >= 11 is 6.16. The lowest BCUT2D eigenvalue weighted by Crippen LogP contribution is -2.18. The van der Waals surface area contributed by atoms with Crippen molar-refractivity contribution in [1.82, 2.24) is 0 Å². The van der Waals surface area contributed by atoms with Gasteiger partial charge < -0.3 is 50.6 Å². The summed E-state index contributed by atoms with van der Waals surface area (Å²) in [5.74, 6) is 0.151. The molecule has 1 amide bonds. The van der Waals surface area contributed by atoms with Crippen molar-refractivity contribution >= 4 is 35.4 Å². The van der Waals surface area contributed by atoms with Gasteiger partial charge in [0.25, 0.3) is 0 Å². The standard InChI is InChI=1S/C21H16ClNO2.2C21H16O4.C21H18O3/c3*1-12-6-8-16-18(10-12)25-19-11-13(22)7-9-17(19)20(16)14-4-2-3-5-15(14)21(23)24;1-14-6-8-15(9-7-14)20(16-10-12-17(22)13-11-16)18-4-2-3-5-19(18)21(23)24/h2-11,20H,1H3,(H2,23,24);2*2-11,20,22H,1H3,(H,23,24);2-13,20,22H,1H3,(H,23,24). The average molecular weight is 1330 g/mol. The third-order valence-corrected chi connectivity index (χ3v) is 17.9. The fourth-order valence-corrected chi connectivity index (χ4v) is 13.2. The molecular formula is C84H66ClNO13. The number of carboxylic acids is 3. The third kappa shape index (κ3) is 14.2. The Morgan fingerprint density at radius 1 is 0.333 bits per heavy atom. The van der Waals surface area contributed by atoms with E-state index in [2.05, 4.69) is 0 Å². The van der Waals surface area contributed by atoms with Gasteiger partial charge in [-0.25, -0.2) is 14.4 Å². The van der Waals surface area contributed by atoms with Crippen LogP contribution in [0.3, 0.4) is 0 Å². The Morgan fingerprint density at radius 2 is 0.636 bits per heavy atom. The van der Waals surface area contributed by atoms with Crippen LogP contribution in [-0.4, -0.2) is 54.5 Å². The number of benzene rings is 12. The molecule has 15 heteroatoms. The number of halogens is 1. The van der Waals surface area contributed by atoms with E-state index < -0.39 is 23.8 Å². The predicted octanol–water partition coefficient (Wildman–Crippen LogP) is 19.0. The van der Waals surface area contributed by atoms with E-state index in [9.17, 15) is 49.8 Å². The second-order valence-electron chi connectivity index (χ2n) is 24.4. The van der Waals surface area contributed by atoms with Crippen molar-refractivity contribution in [3.05, 3.63) is 371 Å². The zero-order valence-electron chi connectivity index (χ0n) is 54.1. The van der Waals surface area contributed by atoms with Gasteiger partial charge in [-0.15, -0.1) is 0 Å². The lowest BCUT2D eigenvalue weighted by molar-refractivity contribution is 0.0684. The molecule has 492 valence electrons. The Morgan fingerprint density at radius 3 is 1.04 bits per heavy atom. The van der Waals surface area contributed by atoms with Crippen LogP contribution in [0.15, 0.2) is 255 Å². The Hall–Kier alpha value is -12.4. The smallest absolute Gasteiger partial charge is 0.335 e. The second kappa shape index (κ2) is 28.5. The number of carbonyl (C=O) groups is 4. The van der Waals surface area contributed by atoms with Crippen LogP contribution in [0.5, 0.6) is 51.7 Å². The van der Waals surface area contributed by atoms with Crippen molar-refractivity contribution in [1.29, 1.82) is 0 Å².